The number of hydrogen-bond acceptors (Lipinski definition) is 2. The van der Waals surface area contributed by atoms with Crippen LogP contribution >= 0.6 is 27.5 Å². The Morgan fingerprint density at radius 1 is 1.56 bits per heavy atom. The fourth-order valence-electron chi connectivity index (χ4n) is 1.84. The molecule has 2 rings (SSSR count). The number of likely N-dealkylation sites (tertiary alicyclic amines) is 1. The number of hydrogen-bond donors (Lipinski definition) is 1. The molecule has 96 valence electrons. The number of benzene rings is 1. The van der Waals surface area contributed by atoms with E-state index < -0.39 is 6.04 Å². The highest BCUT2D eigenvalue weighted by Gasteiger charge is 2.30. The Labute approximate surface area is 118 Å². The quantitative estimate of drug-likeness (QED) is 0.902. The fraction of sp³-hybridized carbons (Fsp3) is 0.333. The third-order valence-electron chi connectivity index (χ3n) is 2.91. The smallest absolute Gasteiger partial charge is 0.251 e. The molecule has 0 aromatic heterocycles. The van der Waals surface area contributed by atoms with Gasteiger partial charge in [0.1, 0.15) is 6.04 Å². The van der Waals surface area contributed by atoms with Gasteiger partial charge in [-0.1, -0.05) is 11.6 Å². The second-order valence-electron chi connectivity index (χ2n) is 4.20. The summed E-state index contributed by atoms with van der Waals surface area (Å²) in [5, 5.41) is 3.27. The Bertz CT molecular complexity index is 507. The lowest BCUT2D eigenvalue weighted by Crippen LogP contribution is -2.40. The van der Waals surface area contributed by atoms with Gasteiger partial charge >= 0.3 is 0 Å². The number of halogens is 2. The molecule has 1 aliphatic heterocycles. The van der Waals surface area contributed by atoms with Crippen LogP contribution in [0.5, 0.6) is 0 Å². The molecule has 1 N–H and O–H groups in total. The number of carbonyl (C=O) groups is 2. The summed E-state index contributed by atoms with van der Waals surface area (Å²) in [5.41, 5.74) is 0.480. The Balaban J connectivity index is 2.08. The summed E-state index contributed by atoms with van der Waals surface area (Å²) in [6, 6.07) is 4.49. The predicted octanol–water partition coefficient (Wildman–Crippen LogP) is 2.06. The van der Waals surface area contributed by atoms with E-state index in [0.29, 0.717) is 28.0 Å². The number of rotatable bonds is 2. The zero-order chi connectivity index (χ0) is 13.3. The van der Waals surface area contributed by atoms with Crippen LogP contribution in [0, 0.1) is 0 Å². The molecule has 0 saturated carbocycles. The number of amides is 2. The van der Waals surface area contributed by atoms with Gasteiger partial charge in [-0.15, -0.1) is 0 Å². The van der Waals surface area contributed by atoms with Crippen molar-refractivity contribution in [2.45, 2.75) is 12.5 Å². The van der Waals surface area contributed by atoms with E-state index in [1.165, 1.54) is 0 Å². The molecule has 0 spiro atoms. The topological polar surface area (TPSA) is 49.4 Å². The molecule has 1 heterocycles. The molecule has 1 saturated heterocycles. The summed E-state index contributed by atoms with van der Waals surface area (Å²) >= 11 is 9.12. The highest BCUT2D eigenvalue weighted by atomic mass is 79.9. The summed E-state index contributed by atoms with van der Waals surface area (Å²) < 4.78 is 0.659. The molecule has 1 atom stereocenters. The maximum absolute atomic E-state index is 12.0. The fourth-order valence-corrected chi connectivity index (χ4v) is 2.33. The minimum Gasteiger partial charge on any atom is -0.344 e. The first kappa shape index (κ1) is 13.4. The molecule has 1 unspecified atom stereocenters. The van der Waals surface area contributed by atoms with Gasteiger partial charge in [-0.2, -0.15) is 0 Å². The molecule has 4 nitrogen and oxygen atoms in total. The van der Waals surface area contributed by atoms with Crippen LogP contribution in [0.4, 0.5) is 0 Å². The summed E-state index contributed by atoms with van der Waals surface area (Å²) in [4.78, 5) is 25.3. The van der Waals surface area contributed by atoms with Crippen LogP contribution in [0.25, 0.3) is 0 Å². The van der Waals surface area contributed by atoms with E-state index in [2.05, 4.69) is 21.2 Å². The van der Waals surface area contributed by atoms with E-state index in [4.69, 9.17) is 11.6 Å². The van der Waals surface area contributed by atoms with E-state index in [1.54, 1.807) is 30.1 Å². The predicted molar refractivity (Wildman–Crippen MR) is 72.7 cm³/mol. The second kappa shape index (κ2) is 5.28. The highest BCUT2D eigenvalue weighted by Crippen LogP contribution is 2.23. The van der Waals surface area contributed by atoms with Crippen LogP contribution in [0.1, 0.15) is 16.8 Å². The van der Waals surface area contributed by atoms with Crippen LogP contribution < -0.4 is 5.32 Å². The third kappa shape index (κ3) is 2.67. The number of likely N-dealkylation sites (N-methyl/N-ethyl adjacent to an activating group) is 1. The molecule has 2 amide bonds. The Kier molecular flexibility index (Phi) is 3.92. The average molecular weight is 332 g/mol. The van der Waals surface area contributed by atoms with Crippen molar-refractivity contribution in [3.63, 3.8) is 0 Å². The second-order valence-corrected chi connectivity index (χ2v) is 5.46. The van der Waals surface area contributed by atoms with Crippen LogP contribution in [-0.4, -0.2) is 36.3 Å². The maximum Gasteiger partial charge on any atom is 0.251 e. The minimum atomic E-state index is -0.419. The molecular weight excluding hydrogens is 320 g/mol. The zero-order valence-corrected chi connectivity index (χ0v) is 12.1. The van der Waals surface area contributed by atoms with Crippen LogP contribution in [0.15, 0.2) is 22.7 Å². The van der Waals surface area contributed by atoms with Crippen molar-refractivity contribution in [1.29, 1.82) is 0 Å². The van der Waals surface area contributed by atoms with E-state index >= 15 is 0 Å². The first-order valence-corrected chi connectivity index (χ1v) is 6.67. The van der Waals surface area contributed by atoms with Gasteiger partial charge in [-0.05, 0) is 40.5 Å². The normalized spacial score (nSPS) is 19.2. The lowest BCUT2D eigenvalue weighted by atomic mass is 10.2. The lowest BCUT2D eigenvalue weighted by molar-refractivity contribution is -0.128. The van der Waals surface area contributed by atoms with Crippen LogP contribution in [0.3, 0.4) is 0 Å². The Morgan fingerprint density at radius 3 is 2.83 bits per heavy atom. The van der Waals surface area contributed by atoms with Crippen LogP contribution in [-0.2, 0) is 4.79 Å². The van der Waals surface area contributed by atoms with E-state index in [0.717, 1.165) is 0 Å². The highest BCUT2D eigenvalue weighted by molar-refractivity contribution is 9.10. The molecule has 0 aliphatic carbocycles. The van der Waals surface area contributed by atoms with Crippen molar-refractivity contribution in [2.75, 3.05) is 13.6 Å². The standard InChI is InChI=1S/C12H12BrClN2O2/c1-16-5-4-10(12(16)18)15-11(17)7-2-3-9(14)8(13)6-7/h2-3,6,10H,4-5H2,1H3,(H,15,17). The van der Waals surface area contributed by atoms with E-state index in [9.17, 15) is 9.59 Å². The maximum atomic E-state index is 12.0. The van der Waals surface area contributed by atoms with Gasteiger partial charge in [0.15, 0.2) is 0 Å². The average Bonchev–Trinajstić information content (AvgIpc) is 2.64. The largest absolute Gasteiger partial charge is 0.344 e. The van der Waals surface area contributed by atoms with Gasteiger partial charge in [-0.25, -0.2) is 0 Å². The van der Waals surface area contributed by atoms with Crippen LogP contribution in [0.2, 0.25) is 5.02 Å². The van der Waals surface area contributed by atoms with Gasteiger partial charge in [0.2, 0.25) is 5.91 Å². The van der Waals surface area contributed by atoms with Crippen molar-refractivity contribution < 1.29 is 9.59 Å². The van der Waals surface area contributed by atoms with Gasteiger partial charge < -0.3 is 10.2 Å². The van der Waals surface area contributed by atoms with Gasteiger partial charge in [0.05, 0.1) is 5.02 Å². The number of nitrogens with one attached hydrogen (secondary N) is 1. The van der Waals surface area contributed by atoms with Crippen molar-refractivity contribution in [3.05, 3.63) is 33.3 Å². The summed E-state index contributed by atoms with van der Waals surface area (Å²) in [5.74, 6) is -0.308. The van der Waals surface area contributed by atoms with E-state index in [1.807, 2.05) is 0 Å². The molecule has 1 fully saturated rings. The van der Waals surface area contributed by atoms with Crippen molar-refractivity contribution in [2.24, 2.45) is 0 Å². The monoisotopic (exact) mass is 330 g/mol. The third-order valence-corrected chi connectivity index (χ3v) is 4.13. The molecule has 18 heavy (non-hydrogen) atoms. The number of carbonyl (C=O) groups excluding carboxylic acids is 2. The van der Waals surface area contributed by atoms with Gasteiger partial charge in [0, 0.05) is 23.6 Å². The first-order chi connectivity index (χ1) is 8.49. The van der Waals surface area contributed by atoms with Crippen molar-refractivity contribution in [3.8, 4) is 0 Å². The van der Waals surface area contributed by atoms with E-state index in [-0.39, 0.29) is 11.8 Å². The van der Waals surface area contributed by atoms with Crippen molar-refractivity contribution >= 4 is 39.3 Å². The summed E-state index contributed by atoms with van der Waals surface area (Å²) in [7, 11) is 1.73. The molecular formula is C12H12BrClN2O2. The first-order valence-electron chi connectivity index (χ1n) is 5.50. The lowest BCUT2D eigenvalue weighted by Gasteiger charge is -2.12. The SMILES string of the molecule is CN1CCC(NC(=O)c2ccc(Cl)c(Br)c2)C1=O. The van der Waals surface area contributed by atoms with Gasteiger partial charge in [-0.3, -0.25) is 9.59 Å². The number of nitrogens with zero attached hydrogens (tertiary/aromatic N) is 1. The minimum absolute atomic E-state index is 0.0450. The molecule has 6 heteroatoms. The Morgan fingerprint density at radius 2 is 2.28 bits per heavy atom. The molecule has 1 aromatic rings. The van der Waals surface area contributed by atoms with Gasteiger partial charge in [0.25, 0.3) is 5.91 Å². The summed E-state index contributed by atoms with van der Waals surface area (Å²) in [6.07, 6.45) is 0.649. The Hall–Kier alpha value is -1.07. The molecule has 1 aromatic carbocycles. The molecule has 1 aliphatic rings. The molecule has 0 radical (unpaired) electrons. The van der Waals surface area contributed by atoms with Crippen molar-refractivity contribution in [1.82, 2.24) is 10.2 Å². The summed E-state index contributed by atoms with van der Waals surface area (Å²) in [6.45, 7) is 0.675. The molecule has 0 bridgehead atoms. The zero-order valence-electron chi connectivity index (χ0n) is 9.74.